The third-order valence-corrected chi connectivity index (χ3v) is 5.25. The van der Waals surface area contributed by atoms with Gasteiger partial charge < -0.3 is 11.1 Å². The number of rotatable bonds is 7. The molecule has 3 rings (SSSR count). The average Bonchev–Trinajstić information content (AvgIpc) is 2.68. The number of aromatic nitrogens is 2. The van der Waals surface area contributed by atoms with E-state index in [0.717, 1.165) is 17.3 Å². The van der Waals surface area contributed by atoms with Crippen molar-refractivity contribution >= 4 is 46.1 Å². The van der Waals surface area contributed by atoms with Gasteiger partial charge in [-0.1, -0.05) is 53.7 Å². The van der Waals surface area contributed by atoms with Crippen molar-refractivity contribution in [3.63, 3.8) is 0 Å². The third kappa shape index (κ3) is 4.71. The van der Waals surface area contributed by atoms with Gasteiger partial charge in [-0.25, -0.2) is 4.98 Å². The van der Waals surface area contributed by atoms with Crippen LogP contribution in [0.25, 0.3) is 10.9 Å². The first-order valence-corrected chi connectivity index (χ1v) is 9.73. The van der Waals surface area contributed by atoms with Gasteiger partial charge in [-0.15, -0.1) is 0 Å². The summed E-state index contributed by atoms with van der Waals surface area (Å²) in [5.41, 5.74) is 6.12. The monoisotopic (exact) mass is 416 g/mol. The fraction of sp³-hybridized carbons (Fsp3) is 0.158. The van der Waals surface area contributed by atoms with Crippen molar-refractivity contribution < 1.29 is 9.59 Å². The van der Waals surface area contributed by atoms with E-state index in [2.05, 4.69) is 10.3 Å². The van der Waals surface area contributed by atoms with E-state index in [1.165, 1.54) is 4.57 Å². The second-order valence-electron chi connectivity index (χ2n) is 5.93. The van der Waals surface area contributed by atoms with Gasteiger partial charge in [0.05, 0.1) is 29.7 Å². The Hall–Kier alpha value is -2.84. The highest BCUT2D eigenvalue weighted by Crippen LogP contribution is 2.21. The van der Waals surface area contributed by atoms with Gasteiger partial charge in [-0.3, -0.25) is 19.0 Å². The highest BCUT2D eigenvalue weighted by Gasteiger charge is 2.14. The first-order valence-electron chi connectivity index (χ1n) is 8.36. The zero-order valence-electron chi connectivity index (χ0n) is 14.7. The standard InChI is InChI=1S/C19H17ClN4O3S/c20-14-7-3-1-5-12(14)10-24-18(27)13-6-2-4-8-15(13)23-19(24)28-11-17(26)22-9-16(21)25/h1-8H,9-11H2,(H2,21,25)(H,22,26). The van der Waals surface area contributed by atoms with Gasteiger partial charge in [0, 0.05) is 5.02 Å². The quantitative estimate of drug-likeness (QED) is 0.451. The summed E-state index contributed by atoms with van der Waals surface area (Å²) in [6, 6.07) is 14.3. The molecule has 0 spiro atoms. The molecular formula is C19H17ClN4O3S. The minimum atomic E-state index is -0.627. The van der Waals surface area contributed by atoms with Crippen molar-refractivity contribution in [3.05, 3.63) is 69.5 Å². The molecule has 3 aromatic rings. The van der Waals surface area contributed by atoms with Crippen LogP contribution in [-0.4, -0.2) is 33.7 Å². The number of thioether (sulfide) groups is 1. The maximum absolute atomic E-state index is 13.0. The lowest BCUT2D eigenvalue weighted by Gasteiger charge is -2.14. The Bertz CT molecular complexity index is 1100. The van der Waals surface area contributed by atoms with Crippen molar-refractivity contribution in [1.29, 1.82) is 0 Å². The number of para-hydroxylation sites is 1. The number of nitrogens with one attached hydrogen (secondary N) is 1. The minimum absolute atomic E-state index is 0.0133. The lowest BCUT2D eigenvalue weighted by molar-refractivity contribution is -0.123. The molecule has 0 aliphatic heterocycles. The van der Waals surface area contributed by atoms with Crippen LogP contribution in [0.1, 0.15) is 5.56 Å². The summed E-state index contributed by atoms with van der Waals surface area (Å²) in [6.07, 6.45) is 0. The summed E-state index contributed by atoms with van der Waals surface area (Å²) in [4.78, 5) is 40.3. The molecule has 2 amide bonds. The van der Waals surface area contributed by atoms with Crippen molar-refractivity contribution in [2.45, 2.75) is 11.7 Å². The average molecular weight is 417 g/mol. The Kier molecular flexibility index (Phi) is 6.33. The molecule has 0 radical (unpaired) electrons. The summed E-state index contributed by atoms with van der Waals surface area (Å²) < 4.78 is 1.50. The molecule has 0 atom stereocenters. The molecule has 0 saturated heterocycles. The second kappa shape index (κ2) is 8.90. The first kappa shape index (κ1) is 19.9. The number of nitrogens with zero attached hydrogens (tertiary/aromatic N) is 2. The number of carbonyl (C=O) groups excluding carboxylic acids is 2. The molecule has 3 N–H and O–H groups in total. The molecule has 9 heteroatoms. The molecule has 28 heavy (non-hydrogen) atoms. The molecule has 0 saturated carbocycles. The number of benzene rings is 2. The lowest BCUT2D eigenvalue weighted by Crippen LogP contribution is -2.34. The normalized spacial score (nSPS) is 10.8. The van der Waals surface area contributed by atoms with Crippen LogP contribution < -0.4 is 16.6 Å². The summed E-state index contributed by atoms with van der Waals surface area (Å²) in [7, 11) is 0. The van der Waals surface area contributed by atoms with Crippen LogP contribution in [-0.2, 0) is 16.1 Å². The Morgan fingerprint density at radius 3 is 2.61 bits per heavy atom. The van der Waals surface area contributed by atoms with Gasteiger partial charge >= 0.3 is 0 Å². The fourth-order valence-electron chi connectivity index (χ4n) is 2.56. The van der Waals surface area contributed by atoms with Crippen LogP contribution in [0.15, 0.2) is 58.5 Å². The van der Waals surface area contributed by atoms with Crippen molar-refractivity contribution in [2.24, 2.45) is 5.73 Å². The molecule has 0 aliphatic rings. The molecule has 2 aromatic carbocycles. The molecule has 7 nitrogen and oxygen atoms in total. The molecule has 0 fully saturated rings. The number of primary amides is 1. The van der Waals surface area contributed by atoms with E-state index in [9.17, 15) is 14.4 Å². The van der Waals surface area contributed by atoms with Crippen LogP contribution in [0.2, 0.25) is 5.02 Å². The molecule has 1 aromatic heterocycles. The van der Waals surface area contributed by atoms with Crippen molar-refractivity contribution in [1.82, 2.24) is 14.9 Å². The fourth-order valence-corrected chi connectivity index (χ4v) is 3.59. The number of nitrogens with two attached hydrogens (primary N) is 1. The van der Waals surface area contributed by atoms with E-state index >= 15 is 0 Å². The molecule has 1 heterocycles. The second-order valence-corrected chi connectivity index (χ2v) is 7.28. The van der Waals surface area contributed by atoms with E-state index in [1.807, 2.05) is 18.2 Å². The molecule has 0 unspecified atom stereocenters. The minimum Gasteiger partial charge on any atom is -0.368 e. The summed E-state index contributed by atoms with van der Waals surface area (Å²) >= 11 is 7.35. The van der Waals surface area contributed by atoms with Crippen LogP contribution in [0.5, 0.6) is 0 Å². The van der Waals surface area contributed by atoms with Gasteiger partial charge in [-0.2, -0.15) is 0 Å². The first-order chi connectivity index (χ1) is 13.5. The number of hydrogen-bond donors (Lipinski definition) is 2. The molecular weight excluding hydrogens is 400 g/mol. The summed E-state index contributed by atoms with van der Waals surface area (Å²) in [6.45, 7) is -0.0153. The predicted octanol–water partition coefficient (Wildman–Crippen LogP) is 1.79. The topological polar surface area (TPSA) is 107 Å². The number of hydrogen-bond acceptors (Lipinski definition) is 5. The van der Waals surface area contributed by atoms with Crippen LogP contribution in [0.4, 0.5) is 0 Å². The van der Waals surface area contributed by atoms with E-state index in [4.69, 9.17) is 17.3 Å². The SMILES string of the molecule is NC(=O)CNC(=O)CSc1nc2ccccc2c(=O)n1Cc1ccccc1Cl. The van der Waals surface area contributed by atoms with Crippen molar-refractivity contribution in [3.8, 4) is 0 Å². The largest absolute Gasteiger partial charge is 0.368 e. The summed E-state index contributed by atoms with van der Waals surface area (Å²) in [5.74, 6) is -1.02. The van der Waals surface area contributed by atoms with E-state index in [1.54, 1.807) is 30.3 Å². The zero-order valence-corrected chi connectivity index (χ0v) is 16.3. The van der Waals surface area contributed by atoms with Crippen molar-refractivity contribution in [2.75, 3.05) is 12.3 Å². The molecule has 0 bridgehead atoms. The highest BCUT2D eigenvalue weighted by molar-refractivity contribution is 7.99. The zero-order chi connectivity index (χ0) is 20.1. The van der Waals surface area contributed by atoms with Gasteiger partial charge in [-0.05, 0) is 23.8 Å². The summed E-state index contributed by atoms with van der Waals surface area (Å²) in [5, 5.41) is 3.82. The molecule has 0 aliphatic carbocycles. The van der Waals surface area contributed by atoms with Gasteiger partial charge in [0.15, 0.2) is 5.16 Å². The maximum Gasteiger partial charge on any atom is 0.262 e. The van der Waals surface area contributed by atoms with E-state index in [0.29, 0.717) is 21.1 Å². The Morgan fingerprint density at radius 2 is 1.86 bits per heavy atom. The number of fused-ring (bicyclic) bond motifs is 1. The highest BCUT2D eigenvalue weighted by atomic mass is 35.5. The van der Waals surface area contributed by atoms with E-state index in [-0.39, 0.29) is 30.3 Å². The number of amides is 2. The Balaban J connectivity index is 1.95. The molecule has 144 valence electrons. The van der Waals surface area contributed by atoms with Crippen LogP contribution in [0.3, 0.4) is 0 Å². The lowest BCUT2D eigenvalue weighted by atomic mass is 10.2. The predicted molar refractivity (Wildman–Crippen MR) is 109 cm³/mol. The van der Waals surface area contributed by atoms with Gasteiger partial charge in [0.25, 0.3) is 5.56 Å². The van der Waals surface area contributed by atoms with E-state index < -0.39 is 5.91 Å². The smallest absolute Gasteiger partial charge is 0.262 e. The number of halogens is 1. The Morgan fingerprint density at radius 1 is 1.14 bits per heavy atom. The maximum atomic E-state index is 13.0. The van der Waals surface area contributed by atoms with Crippen LogP contribution in [0, 0.1) is 0 Å². The number of carbonyl (C=O) groups is 2. The Labute approximate surface area is 169 Å². The van der Waals surface area contributed by atoms with Gasteiger partial charge in [0.1, 0.15) is 0 Å². The van der Waals surface area contributed by atoms with Crippen LogP contribution >= 0.6 is 23.4 Å². The third-order valence-electron chi connectivity index (χ3n) is 3.91. The van der Waals surface area contributed by atoms with Gasteiger partial charge in [0.2, 0.25) is 11.8 Å².